The van der Waals surface area contributed by atoms with Gasteiger partial charge < -0.3 is 24.8 Å². The Kier molecular flexibility index (Phi) is 8.58. The lowest BCUT2D eigenvalue weighted by Crippen LogP contribution is -2.49. The number of hydrogen-bond acceptors (Lipinski definition) is 5. The van der Waals surface area contributed by atoms with E-state index in [9.17, 15) is 0 Å². The summed E-state index contributed by atoms with van der Waals surface area (Å²) in [5, 5.41) is 6.84. The van der Waals surface area contributed by atoms with Crippen LogP contribution in [-0.4, -0.2) is 75.6 Å². The van der Waals surface area contributed by atoms with Crippen LogP contribution < -0.4 is 15.4 Å². The Morgan fingerprint density at radius 3 is 2.79 bits per heavy atom. The standard InChI is InChI=1S/C22H36N4O3/c1-4-23-22(24-14-18(3)26-8-11-27-12-9-26)25-15-19-6-5-17(2)13-21(19)29-20-7-10-28-16-20/h5-6,13,18,20H,4,7-12,14-16H2,1-3H3,(H2,23,24,25). The summed E-state index contributed by atoms with van der Waals surface area (Å²) in [5.41, 5.74) is 2.29. The first kappa shape index (κ1) is 21.9. The van der Waals surface area contributed by atoms with E-state index in [0.29, 0.717) is 19.2 Å². The number of nitrogens with one attached hydrogen (secondary N) is 2. The van der Waals surface area contributed by atoms with Crippen LogP contribution in [0.1, 0.15) is 31.4 Å². The number of morpholine rings is 1. The predicted octanol–water partition coefficient (Wildman–Crippen LogP) is 1.94. The quantitative estimate of drug-likeness (QED) is 0.510. The van der Waals surface area contributed by atoms with Gasteiger partial charge in [-0.25, -0.2) is 4.99 Å². The van der Waals surface area contributed by atoms with Gasteiger partial charge in [-0.15, -0.1) is 0 Å². The van der Waals surface area contributed by atoms with Crippen molar-refractivity contribution in [3.8, 4) is 5.75 Å². The summed E-state index contributed by atoms with van der Waals surface area (Å²) in [7, 11) is 0. The molecule has 2 saturated heterocycles. The van der Waals surface area contributed by atoms with Gasteiger partial charge in [0.05, 0.1) is 33.0 Å². The second-order valence-corrected chi connectivity index (χ2v) is 7.79. The molecule has 0 aliphatic carbocycles. The number of aryl methyl sites for hydroxylation is 1. The van der Waals surface area contributed by atoms with Gasteiger partial charge in [0.15, 0.2) is 5.96 Å². The lowest BCUT2D eigenvalue weighted by Gasteiger charge is -2.32. The molecular weight excluding hydrogens is 368 g/mol. The topological polar surface area (TPSA) is 67.4 Å². The first-order valence-electron chi connectivity index (χ1n) is 10.8. The minimum absolute atomic E-state index is 0.139. The first-order valence-corrected chi connectivity index (χ1v) is 10.8. The van der Waals surface area contributed by atoms with Crippen molar-refractivity contribution in [2.24, 2.45) is 4.99 Å². The zero-order valence-electron chi connectivity index (χ0n) is 18.1. The minimum Gasteiger partial charge on any atom is -0.488 e. The molecular formula is C22H36N4O3. The highest BCUT2D eigenvalue weighted by Crippen LogP contribution is 2.24. The molecule has 7 nitrogen and oxygen atoms in total. The maximum Gasteiger partial charge on any atom is 0.191 e. The Morgan fingerprint density at radius 2 is 2.07 bits per heavy atom. The minimum atomic E-state index is 0.139. The van der Waals surface area contributed by atoms with Crippen LogP contribution in [0.4, 0.5) is 0 Å². The van der Waals surface area contributed by atoms with E-state index < -0.39 is 0 Å². The Balaban J connectivity index is 1.60. The van der Waals surface area contributed by atoms with Gasteiger partial charge in [-0.3, -0.25) is 4.90 Å². The third-order valence-electron chi connectivity index (χ3n) is 5.39. The molecule has 162 valence electrons. The van der Waals surface area contributed by atoms with Crippen LogP contribution in [0.25, 0.3) is 0 Å². The Labute approximate surface area is 174 Å². The fourth-order valence-electron chi connectivity index (χ4n) is 3.59. The number of hydrogen-bond donors (Lipinski definition) is 2. The molecule has 7 heteroatoms. The largest absolute Gasteiger partial charge is 0.488 e. The van der Waals surface area contributed by atoms with Gasteiger partial charge in [-0.1, -0.05) is 12.1 Å². The SMILES string of the molecule is CCNC(=NCc1ccc(C)cc1OC1CCOC1)NCC(C)N1CCOCC1. The summed E-state index contributed by atoms with van der Waals surface area (Å²) >= 11 is 0. The van der Waals surface area contributed by atoms with E-state index in [2.05, 4.69) is 54.5 Å². The average Bonchev–Trinajstić information content (AvgIpc) is 3.24. The molecule has 0 saturated carbocycles. The van der Waals surface area contributed by atoms with Crippen LogP contribution in [0.2, 0.25) is 0 Å². The van der Waals surface area contributed by atoms with E-state index in [1.165, 1.54) is 5.56 Å². The second-order valence-electron chi connectivity index (χ2n) is 7.79. The van der Waals surface area contributed by atoms with Crippen LogP contribution in [-0.2, 0) is 16.0 Å². The van der Waals surface area contributed by atoms with Crippen molar-refractivity contribution < 1.29 is 14.2 Å². The zero-order chi connectivity index (χ0) is 20.5. The van der Waals surface area contributed by atoms with Crippen molar-refractivity contribution in [1.82, 2.24) is 15.5 Å². The molecule has 2 fully saturated rings. The van der Waals surface area contributed by atoms with Crippen molar-refractivity contribution in [3.63, 3.8) is 0 Å². The van der Waals surface area contributed by atoms with Gasteiger partial charge >= 0.3 is 0 Å². The summed E-state index contributed by atoms with van der Waals surface area (Å²) in [4.78, 5) is 7.26. The van der Waals surface area contributed by atoms with E-state index in [1.54, 1.807) is 0 Å². The molecule has 2 unspecified atom stereocenters. The van der Waals surface area contributed by atoms with Crippen LogP contribution in [0.5, 0.6) is 5.75 Å². The molecule has 2 heterocycles. The molecule has 0 spiro atoms. The summed E-state index contributed by atoms with van der Waals surface area (Å²) in [5.74, 6) is 1.75. The maximum atomic E-state index is 6.20. The van der Waals surface area contributed by atoms with Crippen LogP contribution in [0.15, 0.2) is 23.2 Å². The molecule has 2 aliphatic rings. The Hall–Kier alpha value is -1.83. The molecule has 1 aromatic rings. The number of ether oxygens (including phenoxy) is 3. The molecule has 2 atom stereocenters. The number of aliphatic imine (C=N–C) groups is 1. The third kappa shape index (κ3) is 6.87. The van der Waals surface area contributed by atoms with Gasteiger partial charge in [0.2, 0.25) is 0 Å². The van der Waals surface area contributed by atoms with Gasteiger partial charge in [-0.05, 0) is 32.4 Å². The maximum absolute atomic E-state index is 6.20. The Morgan fingerprint density at radius 1 is 1.24 bits per heavy atom. The van der Waals surface area contributed by atoms with Gasteiger partial charge in [0.1, 0.15) is 11.9 Å². The molecule has 2 N–H and O–H groups in total. The van der Waals surface area contributed by atoms with Crippen LogP contribution in [0.3, 0.4) is 0 Å². The lowest BCUT2D eigenvalue weighted by molar-refractivity contribution is 0.0211. The molecule has 0 aromatic heterocycles. The highest BCUT2D eigenvalue weighted by atomic mass is 16.5. The van der Waals surface area contributed by atoms with Crippen LogP contribution in [0, 0.1) is 6.92 Å². The fourth-order valence-corrected chi connectivity index (χ4v) is 3.59. The molecule has 0 amide bonds. The first-order chi connectivity index (χ1) is 14.2. The zero-order valence-corrected chi connectivity index (χ0v) is 18.1. The molecule has 2 aliphatic heterocycles. The fraction of sp³-hybridized carbons (Fsp3) is 0.682. The van der Waals surface area contributed by atoms with Crippen molar-refractivity contribution in [3.05, 3.63) is 29.3 Å². The van der Waals surface area contributed by atoms with E-state index >= 15 is 0 Å². The van der Waals surface area contributed by atoms with Crippen molar-refractivity contribution in [2.45, 2.75) is 45.9 Å². The van der Waals surface area contributed by atoms with Gasteiger partial charge in [0.25, 0.3) is 0 Å². The molecule has 29 heavy (non-hydrogen) atoms. The Bertz CT molecular complexity index is 655. The monoisotopic (exact) mass is 404 g/mol. The normalized spacial score (nSPS) is 21.8. The summed E-state index contributed by atoms with van der Waals surface area (Å²) < 4.78 is 17.1. The smallest absolute Gasteiger partial charge is 0.191 e. The lowest BCUT2D eigenvalue weighted by atomic mass is 10.1. The predicted molar refractivity (Wildman–Crippen MR) is 116 cm³/mol. The van der Waals surface area contributed by atoms with Gasteiger partial charge in [0, 0.05) is 44.2 Å². The number of nitrogens with zero attached hydrogens (tertiary/aromatic N) is 2. The summed E-state index contributed by atoms with van der Waals surface area (Å²) in [6, 6.07) is 6.76. The molecule has 0 bridgehead atoms. The average molecular weight is 405 g/mol. The molecule has 0 radical (unpaired) electrons. The summed E-state index contributed by atoms with van der Waals surface area (Å²) in [6.07, 6.45) is 1.08. The van der Waals surface area contributed by atoms with Crippen molar-refractivity contribution >= 4 is 5.96 Å². The van der Waals surface area contributed by atoms with E-state index in [4.69, 9.17) is 19.2 Å². The number of benzene rings is 1. The highest BCUT2D eigenvalue weighted by Gasteiger charge is 2.19. The number of rotatable bonds is 8. The van der Waals surface area contributed by atoms with Crippen molar-refractivity contribution in [1.29, 1.82) is 0 Å². The van der Waals surface area contributed by atoms with Gasteiger partial charge in [-0.2, -0.15) is 0 Å². The summed E-state index contributed by atoms with van der Waals surface area (Å²) in [6.45, 7) is 13.7. The molecule has 1 aromatic carbocycles. The number of guanidine groups is 1. The second kappa shape index (κ2) is 11.4. The molecule has 3 rings (SSSR count). The van der Waals surface area contributed by atoms with Crippen LogP contribution >= 0.6 is 0 Å². The van der Waals surface area contributed by atoms with E-state index in [-0.39, 0.29) is 6.10 Å². The highest BCUT2D eigenvalue weighted by molar-refractivity contribution is 5.79. The van der Waals surface area contributed by atoms with E-state index in [1.807, 2.05) is 0 Å². The van der Waals surface area contributed by atoms with Crippen molar-refractivity contribution in [2.75, 3.05) is 52.6 Å². The van der Waals surface area contributed by atoms with E-state index in [0.717, 1.165) is 69.7 Å². The third-order valence-corrected chi connectivity index (χ3v) is 5.39.